The molecule has 1 unspecified atom stereocenters. The van der Waals surface area contributed by atoms with Crippen molar-refractivity contribution >= 4 is 5.91 Å². The van der Waals surface area contributed by atoms with Gasteiger partial charge in [-0.05, 0) is 24.2 Å². The van der Waals surface area contributed by atoms with Crippen molar-refractivity contribution in [1.29, 1.82) is 0 Å². The van der Waals surface area contributed by atoms with Gasteiger partial charge in [-0.1, -0.05) is 13.8 Å². The summed E-state index contributed by atoms with van der Waals surface area (Å²) in [6.45, 7) is 9.55. The lowest BCUT2D eigenvalue weighted by Gasteiger charge is -2.45. The standard InChI is InChI=1S/C13H24N2O2/c1-13(2)9-15(10-13)7-12(16)14-6-11-4-3-5-17-8-11/h11H,3-10H2,1-2H3,(H,14,16). The molecule has 4 nitrogen and oxygen atoms in total. The molecule has 1 N–H and O–H groups in total. The van der Waals surface area contributed by atoms with Crippen LogP contribution in [0.5, 0.6) is 0 Å². The number of carbonyl (C=O) groups is 1. The van der Waals surface area contributed by atoms with E-state index in [1.54, 1.807) is 0 Å². The molecule has 0 spiro atoms. The molecule has 2 aliphatic rings. The highest BCUT2D eigenvalue weighted by Crippen LogP contribution is 2.27. The van der Waals surface area contributed by atoms with Crippen LogP contribution in [0.4, 0.5) is 0 Å². The Balaban J connectivity index is 1.58. The molecule has 2 fully saturated rings. The van der Waals surface area contributed by atoms with Crippen molar-refractivity contribution in [3.8, 4) is 0 Å². The number of nitrogens with one attached hydrogen (secondary N) is 1. The smallest absolute Gasteiger partial charge is 0.234 e. The molecule has 0 aromatic rings. The van der Waals surface area contributed by atoms with Crippen LogP contribution in [0.15, 0.2) is 0 Å². The van der Waals surface area contributed by atoms with E-state index >= 15 is 0 Å². The number of hydrogen-bond donors (Lipinski definition) is 1. The SMILES string of the molecule is CC1(C)CN(CC(=O)NCC2CCCOC2)C1. The van der Waals surface area contributed by atoms with Gasteiger partial charge < -0.3 is 10.1 Å². The zero-order valence-electron chi connectivity index (χ0n) is 11.0. The van der Waals surface area contributed by atoms with E-state index in [-0.39, 0.29) is 5.91 Å². The van der Waals surface area contributed by atoms with Crippen LogP contribution in [-0.4, -0.2) is 50.2 Å². The van der Waals surface area contributed by atoms with Crippen LogP contribution < -0.4 is 5.32 Å². The van der Waals surface area contributed by atoms with Gasteiger partial charge in [0, 0.05) is 26.2 Å². The summed E-state index contributed by atoms with van der Waals surface area (Å²) in [5.41, 5.74) is 0.400. The van der Waals surface area contributed by atoms with E-state index in [1.807, 2.05) is 0 Å². The van der Waals surface area contributed by atoms with E-state index in [0.29, 0.717) is 17.9 Å². The second kappa shape index (κ2) is 5.36. The van der Waals surface area contributed by atoms with Crippen molar-refractivity contribution in [2.24, 2.45) is 11.3 Å². The summed E-state index contributed by atoms with van der Waals surface area (Å²) < 4.78 is 5.39. The van der Waals surface area contributed by atoms with E-state index in [4.69, 9.17) is 4.74 Å². The van der Waals surface area contributed by atoms with Gasteiger partial charge in [-0.15, -0.1) is 0 Å². The van der Waals surface area contributed by atoms with Crippen molar-refractivity contribution in [3.63, 3.8) is 0 Å². The van der Waals surface area contributed by atoms with Crippen LogP contribution in [0.3, 0.4) is 0 Å². The third kappa shape index (κ3) is 3.96. The monoisotopic (exact) mass is 240 g/mol. The van der Waals surface area contributed by atoms with E-state index in [1.165, 1.54) is 6.42 Å². The number of ether oxygens (including phenoxy) is 1. The first kappa shape index (κ1) is 12.8. The molecule has 2 aliphatic heterocycles. The van der Waals surface area contributed by atoms with E-state index in [2.05, 4.69) is 24.1 Å². The molecule has 1 amide bonds. The maximum atomic E-state index is 11.7. The summed E-state index contributed by atoms with van der Waals surface area (Å²) in [6, 6.07) is 0. The van der Waals surface area contributed by atoms with Crippen LogP contribution in [0, 0.1) is 11.3 Å². The summed E-state index contributed by atoms with van der Waals surface area (Å²) in [6.07, 6.45) is 2.30. The van der Waals surface area contributed by atoms with Gasteiger partial charge in [0.25, 0.3) is 0 Å². The largest absolute Gasteiger partial charge is 0.381 e. The summed E-state index contributed by atoms with van der Waals surface area (Å²) in [7, 11) is 0. The van der Waals surface area contributed by atoms with Crippen molar-refractivity contribution in [3.05, 3.63) is 0 Å². The molecule has 17 heavy (non-hydrogen) atoms. The molecular weight excluding hydrogens is 216 g/mol. The number of likely N-dealkylation sites (tertiary alicyclic amines) is 1. The van der Waals surface area contributed by atoms with E-state index in [0.717, 1.165) is 39.3 Å². The van der Waals surface area contributed by atoms with Gasteiger partial charge in [0.15, 0.2) is 0 Å². The van der Waals surface area contributed by atoms with Crippen molar-refractivity contribution < 1.29 is 9.53 Å². The number of carbonyl (C=O) groups excluding carboxylic acids is 1. The second-order valence-corrected chi connectivity index (χ2v) is 6.20. The lowest BCUT2D eigenvalue weighted by Crippen LogP contribution is -2.55. The van der Waals surface area contributed by atoms with E-state index in [9.17, 15) is 4.79 Å². The Morgan fingerprint density at radius 3 is 2.82 bits per heavy atom. The minimum atomic E-state index is 0.158. The van der Waals surface area contributed by atoms with Gasteiger partial charge >= 0.3 is 0 Å². The molecule has 2 heterocycles. The molecule has 1 atom stereocenters. The predicted octanol–water partition coefficient (Wildman–Crippen LogP) is 0.871. The first-order chi connectivity index (χ1) is 8.05. The van der Waals surface area contributed by atoms with Gasteiger partial charge in [0.2, 0.25) is 5.91 Å². The summed E-state index contributed by atoms with van der Waals surface area (Å²) in [4.78, 5) is 13.9. The third-order valence-electron chi connectivity index (χ3n) is 3.51. The number of hydrogen-bond acceptors (Lipinski definition) is 3. The molecule has 0 aliphatic carbocycles. The lowest BCUT2D eigenvalue weighted by atomic mass is 9.84. The Kier molecular flexibility index (Phi) is 4.05. The van der Waals surface area contributed by atoms with Crippen molar-refractivity contribution in [1.82, 2.24) is 10.2 Å². The molecule has 0 radical (unpaired) electrons. The van der Waals surface area contributed by atoms with Gasteiger partial charge in [-0.2, -0.15) is 0 Å². The fourth-order valence-electron chi connectivity index (χ4n) is 2.76. The van der Waals surface area contributed by atoms with Gasteiger partial charge in [-0.3, -0.25) is 9.69 Å². The highest BCUT2D eigenvalue weighted by atomic mass is 16.5. The Labute approximate surface area is 104 Å². The molecule has 98 valence electrons. The van der Waals surface area contributed by atoms with E-state index < -0.39 is 0 Å². The molecule has 0 saturated carbocycles. The predicted molar refractivity (Wildman–Crippen MR) is 66.8 cm³/mol. The fourth-order valence-corrected chi connectivity index (χ4v) is 2.76. The first-order valence-corrected chi connectivity index (χ1v) is 6.62. The Hall–Kier alpha value is -0.610. The number of amides is 1. The Bertz CT molecular complexity index is 265. The topological polar surface area (TPSA) is 41.6 Å². The molecule has 2 saturated heterocycles. The van der Waals surface area contributed by atoms with Crippen molar-refractivity contribution in [2.45, 2.75) is 26.7 Å². The minimum Gasteiger partial charge on any atom is -0.381 e. The maximum absolute atomic E-state index is 11.7. The first-order valence-electron chi connectivity index (χ1n) is 6.62. The average Bonchev–Trinajstić information content (AvgIpc) is 2.25. The normalized spacial score (nSPS) is 28.5. The summed E-state index contributed by atoms with van der Waals surface area (Å²) in [5, 5.41) is 3.02. The van der Waals surface area contributed by atoms with Crippen LogP contribution >= 0.6 is 0 Å². The quantitative estimate of drug-likeness (QED) is 0.793. The molecule has 2 rings (SSSR count). The van der Waals surface area contributed by atoms with Crippen LogP contribution in [0.25, 0.3) is 0 Å². The zero-order chi connectivity index (χ0) is 12.3. The summed E-state index contributed by atoms with van der Waals surface area (Å²) in [5.74, 6) is 0.673. The Morgan fingerprint density at radius 1 is 1.47 bits per heavy atom. The summed E-state index contributed by atoms with van der Waals surface area (Å²) >= 11 is 0. The fraction of sp³-hybridized carbons (Fsp3) is 0.923. The number of rotatable bonds is 4. The zero-order valence-corrected chi connectivity index (χ0v) is 11.0. The highest BCUT2D eigenvalue weighted by molar-refractivity contribution is 5.78. The van der Waals surface area contributed by atoms with Crippen molar-refractivity contribution in [2.75, 3.05) is 39.4 Å². The van der Waals surface area contributed by atoms with Crippen LogP contribution in [0.2, 0.25) is 0 Å². The molecule has 0 aromatic heterocycles. The van der Waals surface area contributed by atoms with Gasteiger partial charge in [0.1, 0.15) is 0 Å². The third-order valence-corrected chi connectivity index (χ3v) is 3.51. The van der Waals surface area contributed by atoms with Crippen LogP contribution in [-0.2, 0) is 9.53 Å². The van der Waals surface area contributed by atoms with Gasteiger partial charge in [-0.25, -0.2) is 0 Å². The molecule has 0 bridgehead atoms. The van der Waals surface area contributed by atoms with Gasteiger partial charge in [0.05, 0.1) is 13.2 Å². The molecular formula is C13H24N2O2. The average molecular weight is 240 g/mol. The van der Waals surface area contributed by atoms with Crippen LogP contribution in [0.1, 0.15) is 26.7 Å². The molecule has 0 aromatic carbocycles. The second-order valence-electron chi connectivity index (χ2n) is 6.20. The maximum Gasteiger partial charge on any atom is 0.234 e. The minimum absolute atomic E-state index is 0.158. The molecule has 4 heteroatoms. The lowest BCUT2D eigenvalue weighted by molar-refractivity contribution is -0.125. The highest BCUT2D eigenvalue weighted by Gasteiger charge is 2.34. The Morgan fingerprint density at radius 2 is 2.24 bits per heavy atom. The number of nitrogens with zero attached hydrogens (tertiary/aromatic N) is 1.